The first-order valence-electron chi connectivity index (χ1n) is 6.98. The van der Waals surface area contributed by atoms with Gasteiger partial charge in [0.05, 0.1) is 13.5 Å². The average molecular weight is 258 g/mol. The van der Waals surface area contributed by atoms with Gasteiger partial charge in [-0.3, -0.25) is 4.79 Å². The number of benzene rings is 1. The molecular formula is C17H22O2. The molecule has 1 unspecified atom stereocenters. The predicted octanol–water partition coefficient (Wildman–Crippen LogP) is 3.79. The highest BCUT2D eigenvalue weighted by atomic mass is 16.5. The zero-order valence-corrected chi connectivity index (χ0v) is 11.7. The number of carbonyl (C=O) groups is 1. The number of methoxy groups -OCH3 is 1. The van der Waals surface area contributed by atoms with E-state index in [1.807, 2.05) is 6.08 Å². The summed E-state index contributed by atoms with van der Waals surface area (Å²) in [5.41, 5.74) is 2.72. The van der Waals surface area contributed by atoms with Gasteiger partial charge in [-0.05, 0) is 43.2 Å². The Morgan fingerprint density at radius 2 is 2.26 bits per heavy atom. The molecule has 1 aromatic rings. The number of allylic oxidation sites excluding steroid dienone is 1. The molecule has 2 nitrogen and oxygen atoms in total. The Hall–Kier alpha value is -1.57. The summed E-state index contributed by atoms with van der Waals surface area (Å²) in [5, 5.41) is 0. The number of esters is 1. The van der Waals surface area contributed by atoms with Crippen LogP contribution in [0.25, 0.3) is 0 Å². The lowest BCUT2D eigenvalue weighted by Crippen LogP contribution is -2.27. The van der Waals surface area contributed by atoms with Gasteiger partial charge in [-0.2, -0.15) is 0 Å². The molecule has 0 fully saturated rings. The van der Waals surface area contributed by atoms with E-state index in [0.717, 1.165) is 32.1 Å². The molecule has 0 saturated carbocycles. The van der Waals surface area contributed by atoms with E-state index in [2.05, 4.69) is 30.8 Å². The summed E-state index contributed by atoms with van der Waals surface area (Å²) in [6.07, 6.45) is 7.69. The zero-order chi connectivity index (χ0) is 13.7. The molecule has 0 aliphatic heterocycles. The molecule has 0 amide bonds. The van der Waals surface area contributed by atoms with Gasteiger partial charge in [0, 0.05) is 5.41 Å². The van der Waals surface area contributed by atoms with Crippen LogP contribution in [0.5, 0.6) is 0 Å². The summed E-state index contributed by atoms with van der Waals surface area (Å²) in [4.78, 5) is 11.8. The van der Waals surface area contributed by atoms with Gasteiger partial charge in [-0.15, -0.1) is 6.58 Å². The predicted molar refractivity (Wildman–Crippen MR) is 77.1 cm³/mol. The van der Waals surface area contributed by atoms with E-state index in [1.54, 1.807) is 0 Å². The third kappa shape index (κ3) is 2.89. The molecule has 1 atom stereocenters. The van der Waals surface area contributed by atoms with Crippen LogP contribution in [-0.2, 0) is 21.4 Å². The molecule has 2 heteroatoms. The second-order valence-electron chi connectivity index (χ2n) is 5.37. The minimum absolute atomic E-state index is 0.0211. The summed E-state index contributed by atoms with van der Waals surface area (Å²) in [6, 6.07) is 8.52. The molecule has 0 bridgehead atoms. The van der Waals surface area contributed by atoms with Crippen LogP contribution in [0, 0.1) is 0 Å². The van der Waals surface area contributed by atoms with Crippen molar-refractivity contribution < 1.29 is 9.53 Å². The van der Waals surface area contributed by atoms with E-state index in [9.17, 15) is 4.79 Å². The second kappa shape index (κ2) is 6.05. The number of hydrogen-bond donors (Lipinski definition) is 0. The van der Waals surface area contributed by atoms with Crippen LogP contribution in [0.15, 0.2) is 36.9 Å². The van der Waals surface area contributed by atoms with Crippen molar-refractivity contribution >= 4 is 5.97 Å². The van der Waals surface area contributed by atoms with E-state index in [4.69, 9.17) is 4.74 Å². The fraction of sp³-hybridized carbons (Fsp3) is 0.471. The van der Waals surface area contributed by atoms with Crippen LogP contribution in [-0.4, -0.2) is 13.1 Å². The first-order valence-corrected chi connectivity index (χ1v) is 6.98. The molecular weight excluding hydrogens is 236 g/mol. The van der Waals surface area contributed by atoms with Crippen molar-refractivity contribution in [2.24, 2.45) is 0 Å². The normalized spacial score (nSPS) is 20.9. The first kappa shape index (κ1) is 13.9. The fourth-order valence-corrected chi connectivity index (χ4v) is 3.23. The van der Waals surface area contributed by atoms with E-state index in [0.29, 0.717) is 6.42 Å². The van der Waals surface area contributed by atoms with Crippen LogP contribution >= 0.6 is 0 Å². The van der Waals surface area contributed by atoms with Crippen molar-refractivity contribution in [3.63, 3.8) is 0 Å². The van der Waals surface area contributed by atoms with Crippen LogP contribution in [0.3, 0.4) is 0 Å². The quantitative estimate of drug-likeness (QED) is 0.441. The Kier molecular flexibility index (Phi) is 4.41. The SMILES string of the molecule is C=CCCCC1(CC(=O)OC)CCc2ccccc21. The van der Waals surface area contributed by atoms with Crippen molar-refractivity contribution in [2.75, 3.05) is 7.11 Å². The third-order valence-electron chi connectivity index (χ3n) is 4.24. The van der Waals surface area contributed by atoms with E-state index in [-0.39, 0.29) is 11.4 Å². The van der Waals surface area contributed by atoms with Gasteiger partial charge in [0.25, 0.3) is 0 Å². The Morgan fingerprint density at radius 1 is 1.47 bits per heavy atom. The van der Waals surface area contributed by atoms with Gasteiger partial charge in [0.15, 0.2) is 0 Å². The summed E-state index contributed by atoms with van der Waals surface area (Å²) in [5.74, 6) is -0.102. The molecule has 2 rings (SSSR count). The third-order valence-corrected chi connectivity index (χ3v) is 4.24. The molecule has 102 valence electrons. The molecule has 19 heavy (non-hydrogen) atoms. The molecule has 0 radical (unpaired) electrons. The minimum atomic E-state index is -0.102. The number of fused-ring (bicyclic) bond motifs is 1. The summed E-state index contributed by atoms with van der Waals surface area (Å²) < 4.78 is 4.90. The Bertz CT molecular complexity index is 464. The standard InChI is InChI=1S/C17H22O2/c1-3-4-7-11-17(13-16(18)19-2)12-10-14-8-5-6-9-15(14)17/h3,5-6,8-9H,1,4,7,10-13H2,2H3. The largest absolute Gasteiger partial charge is 0.469 e. The summed E-state index contributed by atoms with van der Waals surface area (Å²) in [6.45, 7) is 3.78. The number of aryl methyl sites for hydroxylation is 1. The van der Waals surface area contributed by atoms with Gasteiger partial charge in [0.2, 0.25) is 0 Å². The Balaban J connectivity index is 2.25. The average Bonchev–Trinajstić information content (AvgIpc) is 2.79. The van der Waals surface area contributed by atoms with Gasteiger partial charge < -0.3 is 4.74 Å². The van der Waals surface area contributed by atoms with Crippen molar-refractivity contribution in [3.8, 4) is 0 Å². The summed E-state index contributed by atoms with van der Waals surface area (Å²) in [7, 11) is 1.47. The van der Waals surface area contributed by atoms with E-state index < -0.39 is 0 Å². The molecule has 0 N–H and O–H groups in total. The smallest absolute Gasteiger partial charge is 0.306 e. The molecule has 0 aromatic heterocycles. The lowest BCUT2D eigenvalue weighted by atomic mass is 9.75. The van der Waals surface area contributed by atoms with Gasteiger partial charge in [0.1, 0.15) is 0 Å². The van der Waals surface area contributed by atoms with Crippen molar-refractivity contribution in [2.45, 2.75) is 43.9 Å². The maximum absolute atomic E-state index is 11.8. The van der Waals surface area contributed by atoms with Crippen LogP contribution in [0.1, 0.15) is 43.2 Å². The van der Waals surface area contributed by atoms with Gasteiger partial charge in [-0.1, -0.05) is 30.3 Å². The van der Waals surface area contributed by atoms with Gasteiger partial charge >= 0.3 is 5.97 Å². The van der Waals surface area contributed by atoms with Crippen molar-refractivity contribution in [3.05, 3.63) is 48.0 Å². The fourth-order valence-electron chi connectivity index (χ4n) is 3.23. The molecule has 0 saturated heterocycles. The Labute approximate surface area is 115 Å². The molecule has 1 aliphatic carbocycles. The van der Waals surface area contributed by atoms with Crippen molar-refractivity contribution in [1.29, 1.82) is 0 Å². The lowest BCUT2D eigenvalue weighted by Gasteiger charge is -2.29. The van der Waals surface area contributed by atoms with E-state index >= 15 is 0 Å². The highest BCUT2D eigenvalue weighted by Gasteiger charge is 2.39. The summed E-state index contributed by atoms with van der Waals surface area (Å²) >= 11 is 0. The zero-order valence-electron chi connectivity index (χ0n) is 11.7. The number of ether oxygens (including phenoxy) is 1. The first-order chi connectivity index (χ1) is 9.22. The number of unbranched alkanes of at least 4 members (excludes halogenated alkanes) is 1. The highest BCUT2D eigenvalue weighted by Crippen LogP contribution is 2.45. The lowest BCUT2D eigenvalue weighted by molar-refractivity contribution is -0.142. The maximum Gasteiger partial charge on any atom is 0.306 e. The van der Waals surface area contributed by atoms with Crippen LogP contribution in [0.4, 0.5) is 0 Å². The maximum atomic E-state index is 11.8. The Morgan fingerprint density at radius 3 is 3.00 bits per heavy atom. The van der Waals surface area contributed by atoms with Gasteiger partial charge in [-0.25, -0.2) is 0 Å². The van der Waals surface area contributed by atoms with Crippen molar-refractivity contribution in [1.82, 2.24) is 0 Å². The highest BCUT2D eigenvalue weighted by molar-refractivity contribution is 5.72. The topological polar surface area (TPSA) is 26.3 Å². The monoisotopic (exact) mass is 258 g/mol. The molecule has 0 spiro atoms. The molecule has 0 heterocycles. The number of rotatable bonds is 6. The molecule has 1 aromatic carbocycles. The van der Waals surface area contributed by atoms with E-state index in [1.165, 1.54) is 18.2 Å². The number of carbonyl (C=O) groups excluding carboxylic acids is 1. The van der Waals surface area contributed by atoms with Crippen LogP contribution in [0.2, 0.25) is 0 Å². The van der Waals surface area contributed by atoms with Crippen LogP contribution < -0.4 is 0 Å². The minimum Gasteiger partial charge on any atom is -0.469 e. The number of hydrogen-bond acceptors (Lipinski definition) is 2. The second-order valence-corrected chi connectivity index (χ2v) is 5.37. The molecule has 1 aliphatic rings.